The van der Waals surface area contributed by atoms with E-state index in [2.05, 4.69) is 46.2 Å². The molecule has 3 rings (SSSR count). The lowest BCUT2D eigenvalue weighted by molar-refractivity contribution is -0.113. The largest absolute Gasteiger partial charge is 0.356 e. The summed E-state index contributed by atoms with van der Waals surface area (Å²) < 4.78 is 0. The summed E-state index contributed by atoms with van der Waals surface area (Å²) in [6.45, 7) is 6.41. The molecule has 1 saturated heterocycles. The van der Waals surface area contributed by atoms with Crippen molar-refractivity contribution in [2.45, 2.75) is 44.2 Å². The number of anilines is 2. The maximum Gasteiger partial charge on any atom is 0.234 e. The van der Waals surface area contributed by atoms with E-state index < -0.39 is 0 Å². The zero-order chi connectivity index (χ0) is 18.4. The molecular formula is C20H26N4OS. The predicted octanol–water partition coefficient (Wildman–Crippen LogP) is 4.32. The summed E-state index contributed by atoms with van der Waals surface area (Å²) in [7, 11) is 0. The van der Waals surface area contributed by atoms with Crippen LogP contribution in [-0.4, -0.2) is 34.7 Å². The van der Waals surface area contributed by atoms with Crippen molar-refractivity contribution in [3.8, 4) is 0 Å². The van der Waals surface area contributed by atoms with Crippen molar-refractivity contribution in [1.29, 1.82) is 0 Å². The molecule has 2 heterocycles. The number of piperidine rings is 1. The first-order valence-corrected chi connectivity index (χ1v) is 10.2. The minimum Gasteiger partial charge on any atom is -0.356 e. The predicted molar refractivity (Wildman–Crippen MR) is 108 cm³/mol. The standard InChI is InChI=1S/C20H26N4OS/c1-15(2)16-6-8-17(9-7-16)22-19(25)14-26-20-21-11-10-18(23-20)24-12-4-3-5-13-24/h6-11,15H,3-5,12-14H2,1-2H3,(H,22,25). The van der Waals surface area contributed by atoms with E-state index in [9.17, 15) is 4.79 Å². The van der Waals surface area contributed by atoms with Gasteiger partial charge in [-0.15, -0.1) is 0 Å². The molecule has 1 aromatic heterocycles. The first-order chi connectivity index (χ1) is 12.6. The van der Waals surface area contributed by atoms with Crippen LogP contribution in [0, 0.1) is 0 Å². The molecule has 0 atom stereocenters. The Hall–Kier alpha value is -2.08. The number of nitrogens with zero attached hydrogens (tertiary/aromatic N) is 3. The number of carbonyl (C=O) groups excluding carboxylic acids is 1. The smallest absolute Gasteiger partial charge is 0.234 e. The van der Waals surface area contributed by atoms with E-state index >= 15 is 0 Å². The number of thioether (sulfide) groups is 1. The second kappa shape index (κ2) is 9.03. The van der Waals surface area contributed by atoms with Crippen molar-refractivity contribution < 1.29 is 4.79 Å². The molecule has 1 aromatic carbocycles. The Balaban J connectivity index is 1.52. The molecule has 0 spiro atoms. The summed E-state index contributed by atoms with van der Waals surface area (Å²) in [6, 6.07) is 9.96. The third-order valence-corrected chi connectivity index (χ3v) is 5.35. The lowest BCUT2D eigenvalue weighted by Crippen LogP contribution is -2.30. The van der Waals surface area contributed by atoms with Crippen LogP contribution in [0.2, 0.25) is 0 Å². The van der Waals surface area contributed by atoms with Gasteiger partial charge in [-0.05, 0) is 48.9 Å². The van der Waals surface area contributed by atoms with Gasteiger partial charge in [0.2, 0.25) is 5.91 Å². The molecule has 26 heavy (non-hydrogen) atoms. The van der Waals surface area contributed by atoms with Crippen LogP contribution >= 0.6 is 11.8 Å². The number of aromatic nitrogens is 2. The van der Waals surface area contributed by atoms with Crippen molar-refractivity contribution in [1.82, 2.24) is 9.97 Å². The molecule has 6 heteroatoms. The third kappa shape index (κ3) is 5.21. The molecule has 5 nitrogen and oxygen atoms in total. The van der Waals surface area contributed by atoms with E-state index in [1.165, 1.54) is 36.6 Å². The average molecular weight is 371 g/mol. The van der Waals surface area contributed by atoms with Crippen molar-refractivity contribution in [3.63, 3.8) is 0 Å². The zero-order valence-electron chi connectivity index (χ0n) is 15.4. The minimum absolute atomic E-state index is 0.0423. The van der Waals surface area contributed by atoms with E-state index in [1.54, 1.807) is 6.20 Å². The van der Waals surface area contributed by atoms with E-state index in [0.717, 1.165) is 24.6 Å². The topological polar surface area (TPSA) is 58.1 Å². The monoisotopic (exact) mass is 370 g/mol. The molecular weight excluding hydrogens is 344 g/mol. The van der Waals surface area contributed by atoms with Gasteiger partial charge in [0.25, 0.3) is 0 Å². The van der Waals surface area contributed by atoms with E-state index in [0.29, 0.717) is 16.8 Å². The number of rotatable bonds is 6. The summed E-state index contributed by atoms with van der Waals surface area (Å²) in [5.74, 6) is 1.71. The molecule has 138 valence electrons. The molecule has 0 unspecified atom stereocenters. The third-order valence-electron chi connectivity index (χ3n) is 4.49. The van der Waals surface area contributed by atoms with Crippen LogP contribution in [0.4, 0.5) is 11.5 Å². The van der Waals surface area contributed by atoms with Crippen LogP contribution in [0.25, 0.3) is 0 Å². The van der Waals surface area contributed by atoms with Gasteiger partial charge in [0.1, 0.15) is 5.82 Å². The first-order valence-electron chi connectivity index (χ1n) is 9.22. The Labute approximate surface area is 159 Å². The van der Waals surface area contributed by atoms with Gasteiger partial charge >= 0.3 is 0 Å². The summed E-state index contributed by atoms with van der Waals surface area (Å²) in [4.78, 5) is 23.4. The van der Waals surface area contributed by atoms with Gasteiger partial charge in [-0.2, -0.15) is 0 Å². The summed E-state index contributed by atoms with van der Waals surface area (Å²) in [5.41, 5.74) is 2.09. The molecule has 0 bridgehead atoms. The van der Waals surface area contributed by atoms with Gasteiger partial charge < -0.3 is 10.2 Å². The Morgan fingerprint density at radius 2 is 1.88 bits per heavy atom. The number of benzene rings is 1. The Kier molecular flexibility index (Phi) is 6.50. The maximum absolute atomic E-state index is 12.2. The van der Waals surface area contributed by atoms with E-state index in [4.69, 9.17) is 0 Å². The number of hydrogen-bond acceptors (Lipinski definition) is 5. The molecule has 1 fully saturated rings. The van der Waals surface area contributed by atoms with Crippen molar-refractivity contribution in [2.75, 3.05) is 29.1 Å². The second-order valence-electron chi connectivity index (χ2n) is 6.86. The molecule has 1 aliphatic rings. The molecule has 0 radical (unpaired) electrons. The van der Waals surface area contributed by atoms with Gasteiger partial charge in [-0.25, -0.2) is 9.97 Å². The highest BCUT2D eigenvalue weighted by molar-refractivity contribution is 7.99. The van der Waals surface area contributed by atoms with Gasteiger partial charge in [0.05, 0.1) is 5.75 Å². The highest BCUT2D eigenvalue weighted by atomic mass is 32.2. The van der Waals surface area contributed by atoms with Gasteiger partial charge in [-0.3, -0.25) is 4.79 Å². The highest BCUT2D eigenvalue weighted by Gasteiger charge is 2.13. The van der Waals surface area contributed by atoms with Crippen molar-refractivity contribution >= 4 is 29.2 Å². The van der Waals surface area contributed by atoms with E-state index in [-0.39, 0.29) is 5.91 Å². The normalized spacial score (nSPS) is 14.5. The lowest BCUT2D eigenvalue weighted by Gasteiger charge is -2.27. The summed E-state index contributed by atoms with van der Waals surface area (Å²) in [5, 5.41) is 3.58. The van der Waals surface area contributed by atoms with Crippen LogP contribution in [0.15, 0.2) is 41.7 Å². The van der Waals surface area contributed by atoms with Crippen LogP contribution in [0.1, 0.15) is 44.6 Å². The van der Waals surface area contributed by atoms with Crippen LogP contribution in [0.5, 0.6) is 0 Å². The fourth-order valence-electron chi connectivity index (χ4n) is 2.98. The van der Waals surface area contributed by atoms with Gasteiger partial charge in [0.15, 0.2) is 5.16 Å². The molecule has 1 amide bonds. The van der Waals surface area contributed by atoms with Gasteiger partial charge in [0, 0.05) is 25.0 Å². The number of hydrogen-bond donors (Lipinski definition) is 1. The van der Waals surface area contributed by atoms with Crippen LogP contribution < -0.4 is 10.2 Å². The van der Waals surface area contributed by atoms with Gasteiger partial charge in [-0.1, -0.05) is 37.7 Å². The number of nitrogens with one attached hydrogen (secondary N) is 1. The molecule has 1 N–H and O–H groups in total. The Bertz CT molecular complexity index is 727. The van der Waals surface area contributed by atoms with E-state index in [1.807, 2.05) is 18.2 Å². The maximum atomic E-state index is 12.2. The van der Waals surface area contributed by atoms with Crippen molar-refractivity contribution in [3.05, 3.63) is 42.1 Å². The lowest BCUT2D eigenvalue weighted by atomic mass is 10.0. The second-order valence-corrected chi connectivity index (χ2v) is 7.80. The quantitative estimate of drug-likeness (QED) is 0.606. The van der Waals surface area contributed by atoms with Crippen LogP contribution in [-0.2, 0) is 4.79 Å². The zero-order valence-corrected chi connectivity index (χ0v) is 16.3. The first kappa shape index (κ1) is 18.7. The fraction of sp³-hybridized carbons (Fsp3) is 0.450. The average Bonchev–Trinajstić information content (AvgIpc) is 2.68. The molecule has 1 aliphatic heterocycles. The summed E-state index contributed by atoms with van der Waals surface area (Å²) in [6.07, 6.45) is 5.50. The molecule has 0 saturated carbocycles. The Morgan fingerprint density at radius 1 is 1.15 bits per heavy atom. The Morgan fingerprint density at radius 3 is 2.58 bits per heavy atom. The molecule has 0 aliphatic carbocycles. The summed E-state index contributed by atoms with van der Waals surface area (Å²) >= 11 is 1.37. The highest BCUT2D eigenvalue weighted by Crippen LogP contribution is 2.21. The van der Waals surface area contributed by atoms with Crippen molar-refractivity contribution in [2.24, 2.45) is 0 Å². The van der Waals surface area contributed by atoms with Crippen LogP contribution in [0.3, 0.4) is 0 Å². The SMILES string of the molecule is CC(C)c1ccc(NC(=O)CSc2nccc(N3CCCCC3)n2)cc1. The minimum atomic E-state index is -0.0423. The molecule has 2 aromatic rings. The fourth-order valence-corrected chi connectivity index (χ4v) is 3.60. The number of carbonyl (C=O) groups is 1. The number of amides is 1.